The van der Waals surface area contributed by atoms with Crippen LogP contribution >= 0.6 is 0 Å². The minimum absolute atomic E-state index is 0.0845. The molecule has 1 aliphatic heterocycles. The molecule has 0 spiro atoms. The van der Waals surface area contributed by atoms with E-state index in [4.69, 9.17) is 9.47 Å². The normalized spacial score (nSPS) is 21.6. The van der Waals surface area contributed by atoms with Gasteiger partial charge in [-0.1, -0.05) is 18.2 Å². The van der Waals surface area contributed by atoms with Gasteiger partial charge in [0.1, 0.15) is 5.75 Å². The van der Waals surface area contributed by atoms with Gasteiger partial charge < -0.3 is 4.74 Å². The number of hydrogen-bond donors (Lipinski definition) is 0. The molecule has 0 bridgehead atoms. The van der Waals surface area contributed by atoms with E-state index in [1.165, 1.54) is 14.7 Å². The van der Waals surface area contributed by atoms with Crippen molar-refractivity contribution in [1.29, 1.82) is 0 Å². The summed E-state index contributed by atoms with van der Waals surface area (Å²) in [5, 5.41) is 0. The Balaban J connectivity index is 1.43. The Labute approximate surface area is 300 Å². The van der Waals surface area contributed by atoms with Crippen LogP contribution in [0, 0.1) is 11.8 Å². The molecular formula is C44H59NO3Sn. The van der Waals surface area contributed by atoms with Crippen molar-refractivity contribution in [3.05, 3.63) is 118 Å². The molecule has 262 valence electrons. The maximum atomic E-state index is 14.6. The molecule has 0 saturated heterocycles. The topological polar surface area (TPSA) is 38.8 Å². The first-order valence-corrected chi connectivity index (χ1v) is 25.0. The number of carbonyl (C=O) groups excluding carboxylic acids is 1. The molecule has 4 atom stereocenters. The van der Waals surface area contributed by atoms with Crippen LogP contribution in [0.5, 0.6) is 11.5 Å². The van der Waals surface area contributed by atoms with Gasteiger partial charge >= 0.3 is 262 Å². The fourth-order valence-corrected chi connectivity index (χ4v) is 28.6. The molecule has 0 radical (unpaired) electrons. The third-order valence-corrected chi connectivity index (χ3v) is 31.9. The predicted molar refractivity (Wildman–Crippen MR) is 207 cm³/mol. The van der Waals surface area contributed by atoms with Crippen molar-refractivity contribution < 1.29 is 14.3 Å². The predicted octanol–water partition coefficient (Wildman–Crippen LogP) is 12.3. The molecule has 1 amide bonds. The van der Waals surface area contributed by atoms with E-state index in [1.807, 2.05) is 35.2 Å². The number of nitrogens with zero attached hydrogens (tertiary/aromatic N) is 1. The summed E-state index contributed by atoms with van der Waals surface area (Å²) in [4.78, 5) is 16.6. The molecule has 1 saturated carbocycles. The summed E-state index contributed by atoms with van der Waals surface area (Å²) in [5.74, 6) is 2.35. The summed E-state index contributed by atoms with van der Waals surface area (Å²) in [6.45, 7) is 21.4. The second kappa shape index (κ2) is 15.9. The van der Waals surface area contributed by atoms with Crippen LogP contribution in [-0.4, -0.2) is 41.5 Å². The standard InChI is InChI=1S/C35H38NO3.3C3H7.Sn/c1-26-17-22-32(35(2,3)28-18-20-31(21-19-28)38-30-15-8-5-9-16-30)33(24-26)39-34(37)36-23-11-10-14-29(36)25-27-12-6-4-7-13-27;3*1-3-2;/h4-10,12-16,18-21,23,26,29,32-33H,17,22,24-25H2,1-3H3;3*3H,1-2H3;/t26-,29+,32-,33-;;;;/m1..../s1. The summed E-state index contributed by atoms with van der Waals surface area (Å²) in [7, 11) is 0. The van der Waals surface area contributed by atoms with Gasteiger partial charge in [-0.3, -0.25) is 0 Å². The number of amides is 1. The summed E-state index contributed by atoms with van der Waals surface area (Å²) in [6.07, 6.45) is 10.4. The van der Waals surface area contributed by atoms with E-state index in [0.717, 1.165) is 37.2 Å². The molecule has 0 N–H and O–H groups in total. The van der Waals surface area contributed by atoms with Crippen LogP contribution in [0.1, 0.15) is 92.7 Å². The molecule has 3 aromatic rings. The van der Waals surface area contributed by atoms with E-state index in [1.54, 1.807) is 0 Å². The van der Waals surface area contributed by atoms with E-state index in [2.05, 4.69) is 135 Å². The second-order valence-electron chi connectivity index (χ2n) is 16.1. The molecule has 3 aromatic carbocycles. The Kier molecular flexibility index (Phi) is 12.1. The number of hydrogen-bond acceptors (Lipinski definition) is 3. The molecule has 1 aliphatic carbocycles. The van der Waals surface area contributed by atoms with Gasteiger partial charge in [-0.15, -0.1) is 0 Å². The summed E-state index contributed by atoms with van der Waals surface area (Å²) in [5.41, 5.74) is 2.27. The van der Waals surface area contributed by atoms with Crippen molar-refractivity contribution in [3.8, 4) is 11.5 Å². The molecule has 1 heterocycles. The van der Waals surface area contributed by atoms with Gasteiger partial charge in [0.25, 0.3) is 0 Å². The Hall–Kier alpha value is -2.99. The van der Waals surface area contributed by atoms with Crippen molar-refractivity contribution >= 4 is 24.5 Å². The molecule has 49 heavy (non-hydrogen) atoms. The fourth-order valence-electron chi connectivity index (χ4n) is 9.33. The van der Waals surface area contributed by atoms with Gasteiger partial charge in [0.05, 0.1) is 0 Å². The van der Waals surface area contributed by atoms with Crippen LogP contribution in [0.15, 0.2) is 107 Å². The zero-order valence-corrected chi connectivity index (χ0v) is 34.2. The average Bonchev–Trinajstić information content (AvgIpc) is 3.06. The van der Waals surface area contributed by atoms with Gasteiger partial charge in [-0.25, -0.2) is 0 Å². The zero-order valence-electron chi connectivity index (χ0n) is 31.4. The van der Waals surface area contributed by atoms with E-state index in [9.17, 15) is 4.79 Å². The number of ether oxygens (including phenoxy) is 2. The first-order valence-electron chi connectivity index (χ1n) is 18.6. The summed E-state index contributed by atoms with van der Waals surface area (Å²) in [6, 6.07) is 28.9. The number of benzene rings is 3. The Morgan fingerprint density at radius 3 is 1.98 bits per heavy atom. The van der Waals surface area contributed by atoms with Crippen molar-refractivity contribution in [1.82, 2.24) is 4.90 Å². The molecule has 2 aliphatic rings. The Morgan fingerprint density at radius 2 is 1.39 bits per heavy atom. The Bertz CT molecular complexity index is 1550. The molecule has 0 unspecified atom stereocenters. The number of carbonyl (C=O) groups is 1. The van der Waals surface area contributed by atoms with Crippen LogP contribution in [0.3, 0.4) is 0 Å². The number of para-hydroxylation sites is 1. The van der Waals surface area contributed by atoms with E-state index in [0.29, 0.717) is 17.7 Å². The maximum absolute atomic E-state index is 14.6. The molecule has 5 heteroatoms. The van der Waals surface area contributed by atoms with Gasteiger partial charge in [0.2, 0.25) is 0 Å². The number of allylic oxidation sites excluding steroid dienone is 2. The third-order valence-electron chi connectivity index (χ3n) is 11.8. The van der Waals surface area contributed by atoms with Crippen molar-refractivity contribution in [2.75, 3.05) is 0 Å². The second-order valence-corrected chi connectivity index (χ2v) is 33.0. The first kappa shape index (κ1) is 37.3. The third kappa shape index (κ3) is 8.16. The van der Waals surface area contributed by atoms with Crippen LogP contribution in [0.25, 0.3) is 0 Å². The summed E-state index contributed by atoms with van der Waals surface area (Å²) >= 11 is -2.99. The first-order chi connectivity index (χ1) is 23.3. The summed E-state index contributed by atoms with van der Waals surface area (Å²) < 4.78 is 16.1. The van der Waals surface area contributed by atoms with Crippen molar-refractivity contribution in [3.63, 3.8) is 0 Å². The molecule has 1 fully saturated rings. The van der Waals surface area contributed by atoms with Gasteiger partial charge in [0, 0.05) is 0 Å². The van der Waals surface area contributed by atoms with Crippen molar-refractivity contribution in [2.24, 2.45) is 11.8 Å². The average molecular weight is 769 g/mol. The van der Waals surface area contributed by atoms with Crippen LogP contribution in [0.4, 0.5) is 4.79 Å². The molecule has 0 aromatic heterocycles. The molecule has 4 nitrogen and oxygen atoms in total. The Morgan fingerprint density at radius 1 is 0.816 bits per heavy atom. The van der Waals surface area contributed by atoms with E-state index in [-0.39, 0.29) is 29.6 Å². The van der Waals surface area contributed by atoms with E-state index >= 15 is 0 Å². The zero-order chi connectivity index (χ0) is 35.3. The minimum atomic E-state index is -2.99. The van der Waals surface area contributed by atoms with Crippen LogP contribution in [-0.2, 0) is 16.6 Å². The van der Waals surface area contributed by atoms with Gasteiger partial charge in [-0.05, 0) is 12.1 Å². The van der Waals surface area contributed by atoms with Gasteiger partial charge in [-0.2, -0.15) is 0 Å². The molecule has 5 rings (SSSR count). The van der Waals surface area contributed by atoms with Crippen LogP contribution < -0.4 is 4.74 Å². The quantitative estimate of drug-likeness (QED) is 0.182. The SMILES string of the molecule is C[CH](C)[Sn]([C]1=CN(C(=O)O[C@@H]2C[C@H](C)CC[C@H]2C(C)(C)c2ccc(Oc3ccccc3)cc2)[C@H](Cc2ccccc2)C=C1)([CH](C)C)[CH](C)C. The number of rotatable bonds is 11. The van der Waals surface area contributed by atoms with Gasteiger partial charge in [0.15, 0.2) is 0 Å². The monoisotopic (exact) mass is 769 g/mol. The van der Waals surface area contributed by atoms with Crippen molar-refractivity contribution in [2.45, 2.75) is 117 Å². The fraction of sp³-hybridized carbons (Fsp3) is 0.477. The van der Waals surface area contributed by atoms with E-state index < -0.39 is 18.4 Å². The molecular weight excluding hydrogens is 709 g/mol. The van der Waals surface area contributed by atoms with Crippen LogP contribution in [0.2, 0.25) is 11.8 Å².